The molecule has 1 aromatic rings. The number of nitrogens with one attached hydrogen (secondary N) is 1. The zero-order valence-electron chi connectivity index (χ0n) is 9.51. The quantitative estimate of drug-likeness (QED) is 0.774. The van der Waals surface area contributed by atoms with E-state index in [4.69, 9.17) is 15.1 Å². The molecule has 0 saturated carbocycles. The van der Waals surface area contributed by atoms with Crippen LogP contribution in [0.2, 0.25) is 0 Å². The largest absolute Gasteiger partial charge is 0.480 e. The first kappa shape index (κ1) is 13.0. The van der Waals surface area contributed by atoms with Crippen molar-refractivity contribution in [1.29, 1.82) is 5.26 Å². The summed E-state index contributed by atoms with van der Waals surface area (Å²) in [6.07, 6.45) is 0.348. The Morgan fingerprint density at radius 3 is 2.65 bits per heavy atom. The summed E-state index contributed by atoms with van der Waals surface area (Å²) >= 11 is 0. The molecule has 0 spiro atoms. The summed E-state index contributed by atoms with van der Waals surface area (Å²) in [5.74, 6) is -0.965. The second-order valence-electron chi connectivity index (χ2n) is 3.52. The molecule has 0 amide bonds. The van der Waals surface area contributed by atoms with Gasteiger partial charge in [-0.15, -0.1) is 0 Å². The molecule has 0 fully saturated rings. The van der Waals surface area contributed by atoms with E-state index in [0.717, 1.165) is 5.56 Å². The minimum atomic E-state index is -0.965. The van der Waals surface area contributed by atoms with Crippen LogP contribution in [0.1, 0.15) is 5.56 Å². The van der Waals surface area contributed by atoms with E-state index in [9.17, 15) is 4.79 Å². The highest BCUT2D eigenvalue weighted by Crippen LogP contribution is 2.11. The van der Waals surface area contributed by atoms with Gasteiger partial charge in [-0.1, -0.05) is 12.1 Å². The number of aliphatic carboxylic acids is 1. The van der Waals surface area contributed by atoms with Crippen molar-refractivity contribution in [1.82, 2.24) is 0 Å². The van der Waals surface area contributed by atoms with Gasteiger partial charge in [-0.2, -0.15) is 5.26 Å². The van der Waals surface area contributed by atoms with Crippen LogP contribution in [0.4, 0.5) is 5.69 Å². The second-order valence-corrected chi connectivity index (χ2v) is 3.52. The molecule has 0 bridgehead atoms. The zero-order chi connectivity index (χ0) is 12.7. The predicted molar refractivity (Wildman–Crippen MR) is 62.7 cm³/mol. The third-order valence-electron chi connectivity index (χ3n) is 2.21. The van der Waals surface area contributed by atoms with Gasteiger partial charge < -0.3 is 15.2 Å². The number of hydrogen-bond donors (Lipinski definition) is 2. The highest BCUT2D eigenvalue weighted by Gasteiger charge is 2.16. The first-order valence-corrected chi connectivity index (χ1v) is 5.11. The number of hydrogen-bond acceptors (Lipinski definition) is 4. The maximum Gasteiger partial charge on any atom is 0.328 e. The first-order chi connectivity index (χ1) is 8.17. The maximum absolute atomic E-state index is 10.9. The molecule has 0 aromatic heterocycles. The average molecular weight is 234 g/mol. The molecule has 17 heavy (non-hydrogen) atoms. The molecule has 2 N–H and O–H groups in total. The van der Waals surface area contributed by atoms with Crippen molar-refractivity contribution in [3.05, 3.63) is 29.8 Å². The van der Waals surface area contributed by atoms with Gasteiger partial charge in [0.25, 0.3) is 0 Å². The van der Waals surface area contributed by atoms with E-state index in [1.807, 2.05) is 6.07 Å². The van der Waals surface area contributed by atoms with Crippen molar-refractivity contribution in [2.45, 2.75) is 12.5 Å². The lowest BCUT2D eigenvalue weighted by Gasteiger charge is -2.14. The van der Waals surface area contributed by atoms with Gasteiger partial charge in [0, 0.05) is 12.8 Å². The maximum atomic E-state index is 10.9. The fourth-order valence-electron chi connectivity index (χ4n) is 1.35. The van der Waals surface area contributed by atoms with E-state index in [1.165, 1.54) is 7.11 Å². The summed E-state index contributed by atoms with van der Waals surface area (Å²) in [6.45, 7) is 0.0925. The molecule has 1 rings (SSSR count). The SMILES string of the molecule is COCC(Nc1ccc(CC#N)cc1)C(=O)O. The van der Waals surface area contributed by atoms with Crippen LogP contribution >= 0.6 is 0 Å². The van der Waals surface area contributed by atoms with Crippen LogP contribution in [-0.2, 0) is 16.0 Å². The highest BCUT2D eigenvalue weighted by atomic mass is 16.5. The van der Waals surface area contributed by atoms with Crippen molar-refractivity contribution < 1.29 is 14.6 Å². The molecule has 1 unspecified atom stereocenters. The van der Waals surface area contributed by atoms with Crippen LogP contribution in [0.5, 0.6) is 0 Å². The Balaban J connectivity index is 2.67. The molecular formula is C12H14N2O3. The van der Waals surface area contributed by atoms with Crippen LogP contribution in [0.15, 0.2) is 24.3 Å². The monoisotopic (exact) mass is 234 g/mol. The Morgan fingerprint density at radius 2 is 2.18 bits per heavy atom. The van der Waals surface area contributed by atoms with Crippen molar-refractivity contribution in [2.24, 2.45) is 0 Å². The number of carboxylic acids is 1. The minimum absolute atomic E-state index is 0.0925. The first-order valence-electron chi connectivity index (χ1n) is 5.11. The van der Waals surface area contributed by atoms with E-state index in [2.05, 4.69) is 5.32 Å². The lowest BCUT2D eigenvalue weighted by atomic mass is 10.1. The molecule has 0 heterocycles. The topological polar surface area (TPSA) is 82.3 Å². The third-order valence-corrected chi connectivity index (χ3v) is 2.21. The zero-order valence-corrected chi connectivity index (χ0v) is 9.51. The van der Waals surface area contributed by atoms with E-state index < -0.39 is 12.0 Å². The van der Waals surface area contributed by atoms with Gasteiger partial charge in [0.05, 0.1) is 19.1 Å². The molecule has 0 radical (unpaired) electrons. The van der Waals surface area contributed by atoms with Gasteiger partial charge in [-0.3, -0.25) is 0 Å². The summed E-state index contributed by atoms with van der Waals surface area (Å²) in [4.78, 5) is 10.9. The lowest BCUT2D eigenvalue weighted by Crippen LogP contribution is -2.33. The van der Waals surface area contributed by atoms with Gasteiger partial charge in [0.1, 0.15) is 6.04 Å². The Kier molecular flexibility index (Phi) is 4.98. The number of nitriles is 1. The van der Waals surface area contributed by atoms with Crippen molar-refractivity contribution in [3.63, 3.8) is 0 Å². The molecule has 90 valence electrons. The molecular weight excluding hydrogens is 220 g/mol. The van der Waals surface area contributed by atoms with Crippen molar-refractivity contribution >= 4 is 11.7 Å². The number of ether oxygens (including phenoxy) is 1. The standard InChI is InChI=1S/C12H14N2O3/c1-17-8-11(12(15)16)14-10-4-2-9(3-5-10)6-7-13/h2-5,11,14H,6,8H2,1H3,(H,15,16). The number of nitrogens with zero attached hydrogens (tertiary/aromatic N) is 1. The molecule has 5 heteroatoms. The second kappa shape index (κ2) is 6.51. The molecule has 0 aliphatic heterocycles. The molecule has 1 atom stereocenters. The normalized spacial score (nSPS) is 11.5. The Hall–Kier alpha value is -2.06. The molecule has 0 saturated heterocycles. The minimum Gasteiger partial charge on any atom is -0.480 e. The van der Waals surface area contributed by atoms with Crippen LogP contribution < -0.4 is 5.32 Å². The van der Waals surface area contributed by atoms with E-state index in [0.29, 0.717) is 12.1 Å². The third kappa shape index (κ3) is 4.13. The summed E-state index contributed by atoms with van der Waals surface area (Å²) < 4.78 is 4.81. The number of carbonyl (C=O) groups is 1. The van der Waals surface area contributed by atoms with Crippen LogP contribution in [0, 0.1) is 11.3 Å². The Labute approximate surface area is 99.6 Å². The summed E-state index contributed by atoms with van der Waals surface area (Å²) in [6, 6.07) is 8.35. The highest BCUT2D eigenvalue weighted by molar-refractivity contribution is 5.77. The van der Waals surface area contributed by atoms with Gasteiger partial charge in [-0.05, 0) is 17.7 Å². The number of methoxy groups -OCH3 is 1. The lowest BCUT2D eigenvalue weighted by molar-refractivity contribution is -0.139. The van der Waals surface area contributed by atoms with Crippen LogP contribution in [0.3, 0.4) is 0 Å². The van der Waals surface area contributed by atoms with Gasteiger partial charge in [0.2, 0.25) is 0 Å². The van der Waals surface area contributed by atoms with Crippen LogP contribution in [-0.4, -0.2) is 30.8 Å². The predicted octanol–water partition coefficient (Wildman–Crippen LogP) is 1.26. The summed E-state index contributed by atoms with van der Waals surface area (Å²) in [7, 11) is 1.45. The number of anilines is 1. The number of rotatable bonds is 6. The van der Waals surface area contributed by atoms with Gasteiger partial charge >= 0.3 is 5.97 Å². The van der Waals surface area contributed by atoms with Crippen molar-refractivity contribution in [3.8, 4) is 6.07 Å². The fraction of sp³-hybridized carbons (Fsp3) is 0.333. The van der Waals surface area contributed by atoms with Gasteiger partial charge in [0.15, 0.2) is 0 Å². The molecule has 0 aliphatic rings. The molecule has 0 aliphatic carbocycles. The fourth-order valence-corrected chi connectivity index (χ4v) is 1.35. The van der Waals surface area contributed by atoms with Gasteiger partial charge in [-0.25, -0.2) is 4.79 Å². The number of benzene rings is 1. The summed E-state index contributed by atoms with van der Waals surface area (Å²) in [5.41, 5.74) is 1.59. The average Bonchev–Trinajstić information content (AvgIpc) is 2.31. The van der Waals surface area contributed by atoms with E-state index >= 15 is 0 Å². The van der Waals surface area contributed by atoms with E-state index in [-0.39, 0.29) is 6.61 Å². The van der Waals surface area contributed by atoms with E-state index in [1.54, 1.807) is 24.3 Å². The molecule has 1 aromatic carbocycles. The number of carboxylic acid groups (broad SMARTS) is 1. The van der Waals surface area contributed by atoms with Crippen LogP contribution in [0.25, 0.3) is 0 Å². The van der Waals surface area contributed by atoms with Crippen molar-refractivity contribution in [2.75, 3.05) is 19.0 Å². The smallest absolute Gasteiger partial charge is 0.328 e. The Morgan fingerprint density at radius 1 is 1.53 bits per heavy atom. The molecule has 5 nitrogen and oxygen atoms in total. The Bertz CT molecular complexity index is 409. The summed E-state index contributed by atoms with van der Waals surface area (Å²) in [5, 5.41) is 20.3.